The van der Waals surface area contributed by atoms with Crippen molar-refractivity contribution >= 4 is 29.3 Å². The van der Waals surface area contributed by atoms with Crippen molar-refractivity contribution in [3.63, 3.8) is 0 Å². The van der Waals surface area contributed by atoms with E-state index in [9.17, 15) is 4.79 Å². The van der Waals surface area contributed by atoms with Crippen molar-refractivity contribution in [3.05, 3.63) is 53.3 Å². The molecule has 2 saturated carbocycles. The Bertz CT molecular complexity index is 1180. The van der Waals surface area contributed by atoms with E-state index in [-0.39, 0.29) is 17.2 Å². The van der Waals surface area contributed by atoms with Crippen LogP contribution in [0.1, 0.15) is 45.1 Å². The fourth-order valence-corrected chi connectivity index (χ4v) is 6.70. The first-order valence-corrected chi connectivity index (χ1v) is 13.3. The largest absolute Gasteiger partial charge is 0.352 e. The Balaban J connectivity index is 1.39. The monoisotopic (exact) mass is 495 g/mol. The molecular weight excluding hydrogens is 466 g/mol. The minimum atomic E-state index is -0.311. The van der Waals surface area contributed by atoms with Gasteiger partial charge in [0.2, 0.25) is 5.91 Å². The number of aromatic nitrogens is 4. The van der Waals surface area contributed by atoms with E-state index >= 15 is 0 Å². The van der Waals surface area contributed by atoms with Crippen LogP contribution in [0.5, 0.6) is 0 Å². The van der Waals surface area contributed by atoms with Gasteiger partial charge in [0.15, 0.2) is 11.0 Å². The SMILES string of the molecule is Cc1c(Cl)cccc1-n1c(SC(C)C(=O)NC(C)C2CC3CCC2C3)nnc1-c1ccncc1. The number of thioether (sulfide) groups is 1. The lowest BCUT2D eigenvalue weighted by atomic mass is 9.84. The zero-order valence-electron chi connectivity index (χ0n) is 19.7. The van der Waals surface area contributed by atoms with Gasteiger partial charge in [0.25, 0.3) is 0 Å². The third kappa shape index (κ3) is 4.48. The van der Waals surface area contributed by atoms with Gasteiger partial charge in [0.05, 0.1) is 10.9 Å². The number of rotatable bonds is 7. The lowest BCUT2D eigenvalue weighted by molar-refractivity contribution is -0.121. The van der Waals surface area contributed by atoms with Crippen LogP contribution in [-0.4, -0.2) is 36.9 Å². The number of fused-ring (bicyclic) bond motifs is 2. The first-order chi connectivity index (χ1) is 16.4. The molecule has 178 valence electrons. The van der Waals surface area contributed by atoms with Crippen molar-refractivity contribution in [2.45, 2.75) is 62.9 Å². The van der Waals surface area contributed by atoms with Crippen molar-refractivity contribution in [1.29, 1.82) is 0 Å². The highest BCUT2D eigenvalue weighted by Crippen LogP contribution is 2.49. The van der Waals surface area contributed by atoms with Crippen molar-refractivity contribution < 1.29 is 4.79 Å². The van der Waals surface area contributed by atoms with Crippen molar-refractivity contribution in [2.75, 3.05) is 0 Å². The van der Waals surface area contributed by atoms with Crippen LogP contribution in [-0.2, 0) is 4.79 Å². The van der Waals surface area contributed by atoms with Crippen LogP contribution in [0, 0.1) is 24.7 Å². The fourth-order valence-electron chi connectivity index (χ4n) is 5.66. The lowest BCUT2D eigenvalue weighted by Crippen LogP contribution is -2.43. The summed E-state index contributed by atoms with van der Waals surface area (Å²) in [6, 6.07) is 9.80. The Morgan fingerprint density at radius 3 is 2.65 bits per heavy atom. The van der Waals surface area contributed by atoms with E-state index < -0.39 is 0 Å². The van der Waals surface area contributed by atoms with Crippen molar-refractivity contribution in [2.24, 2.45) is 17.8 Å². The topological polar surface area (TPSA) is 72.7 Å². The summed E-state index contributed by atoms with van der Waals surface area (Å²) in [6.45, 7) is 6.08. The summed E-state index contributed by atoms with van der Waals surface area (Å²) in [7, 11) is 0. The summed E-state index contributed by atoms with van der Waals surface area (Å²) in [4.78, 5) is 17.3. The van der Waals surface area contributed by atoms with Gasteiger partial charge in [0, 0.05) is 29.0 Å². The Kier molecular flexibility index (Phi) is 6.67. The van der Waals surface area contributed by atoms with E-state index in [0.29, 0.717) is 21.9 Å². The van der Waals surface area contributed by atoms with Crippen LogP contribution in [0.4, 0.5) is 0 Å². The molecule has 8 heteroatoms. The van der Waals surface area contributed by atoms with Crippen LogP contribution < -0.4 is 5.32 Å². The average molecular weight is 496 g/mol. The number of carbonyl (C=O) groups is 1. The quantitative estimate of drug-likeness (QED) is 0.425. The summed E-state index contributed by atoms with van der Waals surface area (Å²) in [6.07, 6.45) is 8.75. The number of hydrogen-bond acceptors (Lipinski definition) is 5. The zero-order valence-corrected chi connectivity index (χ0v) is 21.3. The summed E-state index contributed by atoms with van der Waals surface area (Å²) in [5.41, 5.74) is 2.73. The standard InChI is InChI=1S/C26H30ClN5OS/c1-15-22(27)5-4-6-23(15)32-24(19-9-11-28-12-10-19)30-31-26(32)34-17(3)25(33)29-16(2)21-14-18-7-8-20(21)13-18/h4-6,9-12,16-18,20-21H,7-8,13-14H2,1-3H3,(H,29,33). The van der Waals surface area contributed by atoms with E-state index in [2.05, 4.69) is 27.4 Å². The van der Waals surface area contributed by atoms with Crippen LogP contribution >= 0.6 is 23.4 Å². The summed E-state index contributed by atoms with van der Waals surface area (Å²) in [5, 5.41) is 13.3. The molecule has 2 heterocycles. The van der Waals surface area contributed by atoms with Crippen LogP contribution in [0.2, 0.25) is 5.02 Å². The second-order valence-electron chi connectivity index (χ2n) is 9.66. The van der Waals surface area contributed by atoms with Gasteiger partial charge in [-0.2, -0.15) is 0 Å². The van der Waals surface area contributed by atoms with Crippen LogP contribution in [0.3, 0.4) is 0 Å². The van der Waals surface area contributed by atoms with E-state index in [1.165, 1.54) is 37.4 Å². The second-order valence-corrected chi connectivity index (χ2v) is 11.4. The molecule has 0 spiro atoms. The van der Waals surface area contributed by atoms with E-state index in [1.807, 2.05) is 48.7 Å². The summed E-state index contributed by atoms with van der Waals surface area (Å²) >= 11 is 7.87. The van der Waals surface area contributed by atoms with E-state index in [0.717, 1.165) is 28.7 Å². The zero-order chi connectivity index (χ0) is 23.8. The van der Waals surface area contributed by atoms with Gasteiger partial charge in [-0.15, -0.1) is 10.2 Å². The predicted octanol–water partition coefficient (Wildman–Crippen LogP) is 5.71. The molecule has 34 heavy (non-hydrogen) atoms. The molecule has 0 aliphatic heterocycles. The smallest absolute Gasteiger partial charge is 0.233 e. The Hall–Kier alpha value is -2.38. The second kappa shape index (κ2) is 9.70. The highest BCUT2D eigenvalue weighted by molar-refractivity contribution is 8.00. The highest BCUT2D eigenvalue weighted by Gasteiger charge is 2.42. The fraction of sp³-hybridized carbons (Fsp3) is 0.462. The maximum absolute atomic E-state index is 13.1. The van der Waals surface area contributed by atoms with Crippen molar-refractivity contribution in [1.82, 2.24) is 25.1 Å². The molecule has 5 rings (SSSR count). The number of amides is 1. The molecule has 0 saturated heterocycles. The van der Waals surface area contributed by atoms with Gasteiger partial charge < -0.3 is 5.32 Å². The minimum absolute atomic E-state index is 0.0445. The molecule has 1 amide bonds. The van der Waals surface area contributed by atoms with E-state index in [1.54, 1.807) is 12.4 Å². The number of benzene rings is 1. The predicted molar refractivity (Wildman–Crippen MR) is 136 cm³/mol. The molecule has 2 aromatic heterocycles. The molecule has 1 aromatic carbocycles. The molecule has 6 nitrogen and oxygen atoms in total. The van der Waals surface area contributed by atoms with Crippen molar-refractivity contribution in [3.8, 4) is 17.1 Å². The Morgan fingerprint density at radius 1 is 1.15 bits per heavy atom. The molecule has 2 bridgehead atoms. The molecule has 2 fully saturated rings. The average Bonchev–Trinajstić information content (AvgIpc) is 3.57. The molecular formula is C26H30ClN5OS. The van der Waals surface area contributed by atoms with Crippen LogP contribution in [0.25, 0.3) is 17.1 Å². The summed E-state index contributed by atoms with van der Waals surface area (Å²) in [5.74, 6) is 2.99. The molecule has 1 N–H and O–H groups in total. The first kappa shape index (κ1) is 23.4. The van der Waals surface area contributed by atoms with E-state index in [4.69, 9.17) is 11.6 Å². The molecule has 0 radical (unpaired) electrons. The number of hydrogen-bond donors (Lipinski definition) is 1. The minimum Gasteiger partial charge on any atom is -0.352 e. The molecule has 2 aliphatic carbocycles. The number of nitrogens with one attached hydrogen (secondary N) is 1. The molecule has 5 atom stereocenters. The third-order valence-corrected chi connectivity index (χ3v) is 8.96. The lowest BCUT2D eigenvalue weighted by Gasteiger charge is -2.29. The number of pyridine rings is 1. The maximum atomic E-state index is 13.1. The number of nitrogens with zero attached hydrogens (tertiary/aromatic N) is 4. The van der Waals surface area contributed by atoms with Gasteiger partial charge in [-0.05, 0) is 87.6 Å². The maximum Gasteiger partial charge on any atom is 0.233 e. The number of carbonyl (C=O) groups excluding carboxylic acids is 1. The number of halogens is 1. The van der Waals surface area contributed by atoms with Gasteiger partial charge >= 0.3 is 0 Å². The van der Waals surface area contributed by atoms with Crippen LogP contribution in [0.15, 0.2) is 47.9 Å². The first-order valence-electron chi connectivity index (χ1n) is 12.0. The molecule has 2 aliphatic rings. The third-order valence-electron chi connectivity index (χ3n) is 7.51. The molecule has 3 aromatic rings. The van der Waals surface area contributed by atoms with Gasteiger partial charge in [-0.3, -0.25) is 14.3 Å². The Labute approximate surface area is 209 Å². The Morgan fingerprint density at radius 2 is 1.94 bits per heavy atom. The molecule has 5 unspecified atom stereocenters. The normalized spacial score (nSPS) is 23.1. The van der Waals surface area contributed by atoms with Gasteiger partial charge in [-0.25, -0.2) is 0 Å². The summed E-state index contributed by atoms with van der Waals surface area (Å²) < 4.78 is 1.99. The van der Waals surface area contributed by atoms with Gasteiger partial charge in [-0.1, -0.05) is 35.9 Å². The highest BCUT2D eigenvalue weighted by atomic mass is 35.5. The van der Waals surface area contributed by atoms with Gasteiger partial charge in [0.1, 0.15) is 0 Å².